The summed E-state index contributed by atoms with van der Waals surface area (Å²) in [6, 6.07) is 13.3. The maximum absolute atomic E-state index is 11.8. The lowest BCUT2D eigenvalue weighted by Gasteiger charge is -2.42. The quantitative estimate of drug-likeness (QED) is 0.459. The lowest BCUT2D eigenvalue weighted by molar-refractivity contribution is 0.00402. The first-order valence-electron chi connectivity index (χ1n) is 11.9. The molecule has 1 atom stereocenters. The van der Waals surface area contributed by atoms with Gasteiger partial charge in [-0.1, -0.05) is 41.4 Å². The van der Waals surface area contributed by atoms with Gasteiger partial charge in [0.05, 0.1) is 22.8 Å². The van der Waals surface area contributed by atoms with Crippen molar-refractivity contribution in [2.24, 2.45) is 11.1 Å². The number of rotatable bonds is 4. The van der Waals surface area contributed by atoms with E-state index in [4.69, 9.17) is 43.4 Å². The van der Waals surface area contributed by atoms with Crippen molar-refractivity contribution in [2.45, 2.75) is 32.3 Å². The number of hydrogen-bond acceptors (Lipinski definition) is 7. The van der Waals surface area contributed by atoms with E-state index in [2.05, 4.69) is 16.0 Å². The van der Waals surface area contributed by atoms with Crippen LogP contribution < -0.4 is 15.4 Å². The van der Waals surface area contributed by atoms with E-state index in [1.165, 1.54) is 0 Å². The van der Waals surface area contributed by atoms with E-state index in [-0.39, 0.29) is 11.1 Å². The fraction of sp³-hybridized carbons (Fsp3) is 0.333. The molecule has 1 amide bonds. The Bertz CT molecular complexity index is 1430. The fourth-order valence-electron chi connectivity index (χ4n) is 5.60. The van der Waals surface area contributed by atoms with Crippen LogP contribution in [0.25, 0.3) is 11.1 Å². The molecule has 1 fully saturated rings. The number of aryl methyl sites for hydroxylation is 1. The van der Waals surface area contributed by atoms with Crippen molar-refractivity contribution in [3.63, 3.8) is 0 Å². The zero-order chi connectivity index (χ0) is 26.3. The molecule has 0 bridgehead atoms. The van der Waals surface area contributed by atoms with E-state index in [0.29, 0.717) is 51.7 Å². The normalized spacial score (nSPS) is 17.8. The first-order valence-corrected chi connectivity index (χ1v) is 12.6. The van der Waals surface area contributed by atoms with Crippen molar-refractivity contribution in [1.29, 1.82) is 5.26 Å². The number of nitrogens with zero attached hydrogens (tertiary/aromatic N) is 4. The summed E-state index contributed by atoms with van der Waals surface area (Å²) in [5.74, 6) is 1.19. The minimum absolute atomic E-state index is 0.238. The van der Waals surface area contributed by atoms with Crippen molar-refractivity contribution < 1.29 is 14.3 Å². The molecule has 2 aliphatic rings. The highest BCUT2D eigenvalue weighted by Crippen LogP contribution is 2.54. The van der Waals surface area contributed by atoms with E-state index >= 15 is 0 Å². The number of benzene rings is 2. The third-order valence-electron chi connectivity index (χ3n) is 7.42. The number of carbonyl (C=O) groups is 1. The number of aromatic nitrogens is 2. The van der Waals surface area contributed by atoms with Crippen LogP contribution in [0.1, 0.15) is 41.5 Å². The molecule has 0 radical (unpaired) electrons. The lowest BCUT2D eigenvalue weighted by atomic mass is 9.74. The molecule has 0 unspecified atom stereocenters. The van der Waals surface area contributed by atoms with Crippen LogP contribution in [0.3, 0.4) is 0 Å². The maximum atomic E-state index is 11.8. The van der Waals surface area contributed by atoms with Crippen LogP contribution in [0.15, 0.2) is 36.4 Å². The fourth-order valence-corrected chi connectivity index (χ4v) is 6.00. The number of piperidine rings is 1. The molecule has 8 nitrogen and oxygen atoms in total. The summed E-state index contributed by atoms with van der Waals surface area (Å²) in [5.41, 5.74) is 9.32. The van der Waals surface area contributed by atoms with Crippen LogP contribution in [0, 0.1) is 23.7 Å². The molecule has 1 aliphatic carbocycles. The van der Waals surface area contributed by atoms with Gasteiger partial charge in [-0.25, -0.2) is 14.8 Å². The van der Waals surface area contributed by atoms with Crippen LogP contribution in [-0.2, 0) is 11.2 Å². The summed E-state index contributed by atoms with van der Waals surface area (Å²) in [4.78, 5) is 23.2. The second-order valence-electron chi connectivity index (χ2n) is 9.45. The van der Waals surface area contributed by atoms with Crippen molar-refractivity contribution in [3.05, 3.63) is 69.0 Å². The molecule has 2 heterocycles. The zero-order valence-electron chi connectivity index (χ0n) is 20.4. The molecular weight excluding hydrogens is 513 g/mol. The Hall–Kier alpha value is -3.54. The average molecular weight is 538 g/mol. The first kappa shape index (κ1) is 25.1. The van der Waals surface area contributed by atoms with Crippen molar-refractivity contribution in [1.82, 2.24) is 9.97 Å². The molecule has 0 saturated carbocycles. The Morgan fingerprint density at radius 2 is 1.97 bits per heavy atom. The molecule has 1 saturated heterocycles. The van der Waals surface area contributed by atoms with Gasteiger partial charge in [0.15, 0.2) is 5.69 Å². The van der Waals surface area contributed by atoms with Gasteiger partial charge in [-0.15, -0.1) is 0 Å². The summed E-state index contributed by atoms with van der Waals surface area (Å²) in [6.45, 7) is 3.10. The Labute approximate surface area is 224 Å². The molecule has 2 aromatic carbocycles. The van der Waals surface area contributed by atoms with E-state index in [0.717, 1.165) is 30.4 Å². The second kappa shape index (κ2) is 9.73. The monoisotopic (exact) mass is 537 g/mol. The molecule has 1 aromatic heterocycles. The van der Waals surface area contributed by atoms with Crippen molar-refractivity contribution >= 4 is 35.2 Å². The molecule has 190 valence electrons. The summed E-state index contributed by atoms with van der Waals surface area (Å²) in [5, 5.41) is 10.7. The molecule has 5 rings (SSSR count). The third kappa shape index (κ3) is 4.43. The molecule has 2 N–H and O–H groups in total. The number of fused-ring (bicyclic) bond motifs is 1. The number of halogens is 2. The summed E-state index contributed by atoms with van der Waals surface area (Å²) >= 11 is 12.6. The van der Waals surface area contributed by atoms with Gasteiger partial charge in [-0.3, -0.25) is 0 Å². The van der Waals surface area contributed by atoms with Gasteiger partial charge in [-0.2, -0.15) is 5.26 Å². The molecule has 3 aromatic rings. The van der Waals surface area contributed by atoms with Crippen molar-refractivity contribution in [2.75, 3.05) is 25.1 Å². The van der Waals surface area contributed by atoms with Crippen LogP contribution >= 0.6 is 23.2 Å². The van der Waals surface area contributed by atoms with E-state index < -0.39 is 12.2 Å². The minimum atomic E-state index is -0.796. The van der Waals surface area contributed by atoms with Crippen LogP contribution in [0.5, 0.6) is 5.75 Å². The molecule has 37 heavy (non-hydrogen) atoms. The molecular formula is C27H25Cl2N5O3. The number of hydrogen-bond donors (Lipinski definition) is 1. The van der Waals surface area contributed by atoms with Crippen LogP contribution in [0.4, 0.5) is 10.7 Å². The largest absolute Gasteiger partial charge is 0.497 e. The number of amides is 1. The highest BCUT2D eigenvalue weighted by Gasteiger charge is 2.50. The number of anilines is 1. The standard InChI is InChI=1S/C27H25Cl2N5O3/c1-15-22(18-4-3-5-20(28)23(18)29)21(14-30)33-26(32-15)34-10-8-27(9-11-34)13-16-6-7-17(36-2)12-19(16)24(27)37-25(31)35/h3-7,12,24H,8-11,13H2,1-2H3,(H2,31,35)/t24-/m1/s1. The van der Waals surface area contributed by atoms with Gasteiger partial charge in [0, 0.05) is 29.6 Å². The summed E-state index contributed by atoms with van der Waals surface area (Å²) in [7, 11) is 1.61. The maximum Gasteiger partial charge on any atom is 0.405 e. The van der Waals surface area contributed by atoms with Gasteiger partial charge in [0.2, 0.25) is 5.95 Å². The topological polar surface area (TPSA) is 114 Å². The SMILES string of the molecule is COc1ccc2c(c1)[C@@H](OC(N)=O)C1(CCN(c3nc(C)c(-c4cccc(Cl)c4Cl)c(C#N)n3)CC1)C2. The number of methoxy groups -OCH3 is 1. The van der Waals surface area contributed by atoms with Gasteiger partial charge >= 0.3 is 6.09 Å². The summed E-state index contributed by atoms with van der Waals surface area (Å²) < 4.78 is 11.1. The second-order valence-corrected chi connectivity index (χ2v) is 10.2. The zero-order valence-corrected chi connectivity index (χ0v) is 21.9. The average Bonchev–Trinajstić information content (AvgIpc) is 3.17. The van der Waals surface area contributed by atoms with Crippen molar-refractivity contribution in [3.8, 4) is 22.9 Å². The summed E-state index contributed by atoms with van der Waals surface area (Å²) in [6.07, 6.45) is 0.979. The van der Waals surface area contributed by atoms with Gasteiger partial charge in [0.1, 0.15) is 17.9 Å². The molecule has 10 heteroatoms. The van der Waals surface area contributed by atoms with Crippen LogP contribution in [-0.4, -0.2) is 36.3 Å². The Morgan fingerprint density at radius 3 is 2.65 bits per heavy atom. The van der Waals surface area contributed by atoms with Crippen LogP contribution in [0.2, 0.25) is 10.0 Å². The van der Waals surface area contributed by atoms with Gasteiger partial charge in [0.25, 0.3) is 0 Å². The lowest BCUT2D eigenvalue weighted by Crippen LogP contribution is -2.44. The Kier molecular flexibility index (Phi) is 6.61. The number of carbonyl (C=O) groups excluding carboxylic acids is 1. The Balaban J connectivity index is 1.43. The smallest absolute Gasteiger partial charge is 0.405 e. The highest BCUT2D eigenvalue weighted by atomic mass is 35.5. The van der Waals surface area contributed by atoms with Gasteiger partial charge < -0.3 is 20.1 Å². The predicted octanol–water partition coefficient (Wildman–Crippen LogP) is 5.62. The van der Waals surface area contributed by atoms with E-state index in [1.54, 1.807) is 25.3 Å². The highest BCUT2D eigenvalue weighted by molar-refractivity contribution is 6.43. The van der Waals surface area contributed by atoms with E-state index in [1.807, 2.05) is 25.1 Å². The molecule has 1 aliphatic heterocycles. The number of ether oxygens (including phenoxy) is 2. The number of nitriles is 1. The predicted molar refractivity (Wildman–Crippen MR) is 141 cm³/mol. The van der Waals surface area contributed by atoms with Gasteiger partial charge in [-0.05, 0) is 55.5 Å². The van der Waals surface area contributed by atoms with E-state index in [9.17, 15) is 10.1 Å². The third-order valence-corrected chi connectivity index (χ3v) is 8.23. The first-order chi connectivity index (χ1) is 17.8. The number of primary amides is 1. The minimum Gasteiger partial charge on any atom is -0.497 e. The Morgan fingerprint density at radius 1 is 1.22 bits per heavy atom. The number of nitrogens with two attached hydrogens (primary N) is 1. The molecule has 1 spiro atoms.